The van der Waals surface area contributed by atoms with Gasteiger partial charge in [-0.25, -0.2) is 19.0 Å². The summed E-state index contributed by atoms with van der Waals surface area (Å²) in [6.45, 7) is 3.51. The maximum absolute atomic E-state index is 12.6. The number of hydrogen-bond acceptors (Lipinski definition) is 16. The van der Waals surface area contributed by atoms with Crippen LogP contribution in [0.4, 0.5) is 11.6 Å². The summed E-state index contributed by atoms with van der Waals surface area (Å²) in [6, 6.07) is 36.0. The molecule has 6 heterocycles. The van der Waals surface area contributed by atoms with Crippen molar-refractivity contribution < 1.29 is 49.2 Å². The van der Waals surface area contributed by atoms with Crippen LogP contribution in [0.15, 0.2) is 128 Å². The summed E-state index contributed by atoms with van der Waals surface area (Å²) in [6.07, 6.45) is -1.48. The lowest BCUT2D eigenvalue weighted by Crippen LogP contribution is -2.55. The van der Waals surface area contributed by atoms with Gasteiger partial charge >= 0.3 is 3.18 Å². The Morgan fingerprint density at radius 3 is 1.58 bits per heavy atom. The van der Waals surface area contributed by atoms with Gasteiger partial charge in [-0.05, 0) is 54.8 Å². The van der Waals surface area contributed by atoms with E-state index in [0.29, 0.717) is 23.3 Å². The molecule has 18 nitrogen and oxygen atoms in total. The molecule has 0 aliphatic carbocycles. The molecule has 8 atom stereocenters. The van der Waals surface area contributed by atoms with Gasteiger partial charge in [0.05, 0.1) is 33.0 Å². The average molecular weight is 1110 g/mol. The number of aliphatic hydroxyl groups is 5. The summed E-state index contributed by atoms with van der Waals surface area (Å²) in [4.78, 5) is 7.92. The minimum atomic E-state index is -2.26. The van der Waals surface area contributed by atoms with Gasteiger partial charge in [0.2, 0.25) is 11.6 Å². The van der Waals surface area contributed by atoms with Crippen LogP contribution in [0.2, 0.25) is 0 Å². The van der Waals surface area contributed by atoms with Gasteiger partial charge in [-0.15, -0.1) is 47.3 Å². The van der Waals surface area contributed by atoms with Crippen molar-refractivity contribution in [1.82, 2.24) is 29.2 Å². The molecule has 2 fully saturated rings. The van der Waals surface area contributed by atoms with Gasteiger partial charge in [0, 0.05) is 0 Å². The Hall–Kier alpha value is -4.40. The first-order chi connectivity index (χ1) is 32.0. The minimum Gasteiger partial charge on any atom is -0.394 e. The van der Waals surface area contributed by atoms with E-state index in [1.54, 1.807) is 18.2 Å². The molecule has 7 aromatic rings. The van der Waals surface area contributed by atoms with E-state index in [0.717, 1.165) is 16.7 Å². The second-order valence-corrected chi connectivity index (χ2v) is 22.5. The van der Waals surface area contributed by atoms with Crippen molar-refractivity contribution in [1.29, 1.82) is 0 Å². The highest BCUT2D eigenvalue weighted by molar-refractivity contribution is 9.69. The molecule has 4 aromatic heterocycles. The zero-order chi connectivity index (χ0) is 48.0. The maximum Gasteiger partial charge on any atom is 0.369 e. The predicted molar refractivity (Wildman–Crippen MR) is 259 cm³/mol. The van der Waals surface area contributed by atoms with Crippen LogP contribution in [0.5, 0.6) is 0 Å². The lowest BCUT2D eigenvalue weighted by atomic mass is 9.87. The standard InChI is InChI=1S/C33H34N4O5.C12H16N4O5.BBr3/c1-32(41-21-26-15-9-4-10-16-26)30(40-20-25-13-7-3-8-14-25)28(22-39-19-24-11-5-2-6-12-24)42-33(32,38)29-18-17-27-31(34)35-23-36-37(27)29;1-11(19)9(18)7(4-17)21-12(11,20)8-3-2-6-10(13)14-5-15-16(6)8;2-1(3)4/h2-18,23,28,30,38H,19-22H2,1H3,(H2,34,35,36);2-3,5,7,9,17-20H,4H2,1H3,(H2,13,14,15);/t28-,30-,32-,33?;7-,9-,11-,12?;/m11./s1. The number of fused-ring (bicyclic) bond motifs is 2. The molecular weight excluding hydrogens is 1060 g/mol. The molecule has 0 amide bonds. The Kier molecular flexibility index (Phi) is 16.2. The summed E-state index contributed by atoms with van der Waals surface area (Å²) in [5.74, 6) is -3.77. The van der Waals surface area contributed by atoms with Crippen molar-refractivity contribution >= 4 is 73.1 Å². The fourth-order valence-corrected chi connectivity index (χ4v) is 8.10. The topological polar surface area (TPSA) is 260 Å². The molecule has 0 spiro atoms. The summed E-state index contributed by atoms with van der Waals surface area (Å²) < 4.78 is 34.3. The highest BCUT2D eigenvalue weighted by Crippen LogP contribution is 2.50. The molecular formula is C45H50BBr3N8O10. The molecule has 354 valence electrons. The third kappa shape index (κ3) is 10.5. The number of benzene rings is 3. The summed E-state index contributed by atoms with van der Waals surface area (Å²) >= 11 is 9.31. The number of aromatic nitrogens is 6. The van der Waals surface area contributed by atoms with Crippen molar-refractivity contribution in [2.45, 2.75) is 80.9 Å². The summed E-state index contributed by atoms with van der Waals surface area (Å²) in [7, 11) is 0. The largest absolute Gasteiger partial charge is 0.394 e. The molecule has 3 aromatic carbocycles. The average Bonchev–Trinajstić information content (AvgIpc) is 4.06. The van der Waals surface area contributed by atoms with Gasteiger partial charge in [0.1, 0.15) is 65.1 Å². The van der Waals surface area contributed by atoms with Crippen LogP contribution in [0, 0.1) is 0 Å². The van der Waals surface area contributed by atoms with Crippen molar-refractivity contribution in [3.8, 4) is 0 Å². The lowest BCUT2D eigenvalue weighted by Gasteiger charge is -2.40. The highest BCUT2D eigenvalue weighted by Gasteiger charge is 2.67. The summed E-state index contributed by atoms with van der Waals surface area (Å²) in [5, 5.41) is 61.4. The predicted octanol–water partition coefficient (Wildman–Crippen LogP) is 4.75. The number of rotatable bonds is 13. The Morgan fingerprint density at radius 2 is 1.10 bits per heavy atom. The normalized spacial score (nSPS) is 26.8. The van der Waals surface area contributed by atoms with Gasteiger partial charge in [-0.3, -0.25) is 0 Å². The number of hydrogen-bond donors (Lipinski definition) is 7. The highest BCUT2D eigenvalue weighted by atomic mass is 79.9. The number of aliphatic hydroxyl groups excluding tert-OH is 2. The lowest BCUT2D eigenvalue weighted by molar-refractivity contribution is -0.294. The maximum atomic E-state index is 12.6. The van der Waals surface area contributed by atoms with Crippen LogP contribution in [0.3, 0.4) is 0 Å². The number of nitrogens with two attached hydrogens (primary N) is 2. The zero-order valence-corrected chi connectivity index (χ0v) is 41.1. The van der Waals surface area contributed by atoms with E-state index < -0.39 is 53.8 Å². The molecule has 2 unspecified atom stereocenters. The third-order valence-electron chi connectivity index (χ3n) is 11.7. The van der Waals surface area contributed by atoms with Crippen LogP contribution in [0.1, 0.15) is 41.9 Å². The fourth-order valence-electron chi connectivity index (χ4n) is 8.10. The van der Waals surface area contributed by atoms with Crippen molar-refractivity contribution in [3.05, 3.63) is 156 Å². The number of nitrogen functional groups attached to an aromatic ring is 2. The quantitative estimate of drug-likeness (QED) is 0.0769. The van der Waals surface area contributed by atoms with Gasteiger partial charge < -0.3 is 60.7 Å². The molecule has 2 aliphatic heterocycles. The van der Waals surface area contributed by atoms with Crippen LogP contribution in [-0.4, -0.2) is 107 Å². The molecule has 9 rings (SSSR count). The van der Waals surface area contributed by atoms with Crippen LogP contribution in [-0.2, 0) is 55.1 Å². The van der Waals surface area contributed by atoms with E-state index in [1.165, 1.54) is 34.7 Å². The minimum absolute atomic E-state index is 0.0756. The van der Waals surface area contributed by atoms with E-state index in [4.69, 9.17) is 35.2 Å². The number of ether oxygens (including phenoxy) is 5. The van der Waals surface area contributed by atoms with Crippen LogP contribution in [0.25, 0.3) is 11.0 Å². The Balaban J connectivity index is 0.000000222. The van der Waals surface area contributed by atoms with E-state index in [9.17, 15) is 25.5 Å². The Labute approximate surface area is 410 Å². The van der Waals surface area contributed by atoms with E-state index in [-0.39, 0.29) is 40.3 Å². The second-order valence-electron chi connectivity index (χ2n) is 16.0. The molecule has 2 aliphatic rings. The van der Waals surface area contributed by atoms with Crippen LogP contribution >= 0.6 is 47.3 Å². The van der Waals surface area contributed by atoms with Gasteiger partial charge in [-0.1, -0.05) is 91.0 Å². The van der Waals surface area contributed by atoms with Gasteiger partial charge in [0.25, 0.3) is 0 Å². The molecule has 0 bridgehead atoms. The molecule has 22 heteroatoms. The number of halogens is 3. The first-order valence-electron chi connectivity index (χ1n) is 20.9. The van der Waals surface area contributed by atoms with E-state index in [2.05, 4.69) is 67.4 Å². The van der Waals surface area contributed by atoms with Crippen molar-refractivity contribution in [2.75, 3.05) is 24.7 Å². The van der Waals surface area contributed by atoms with Crippen LogP contribution < -0.4 is 11.5 Å². The number of nitrogens with zero attached hydrogens (tertiary/aromatic N) is 6. The molecule has 2 saturated heterocycles. The van der Waals surface area contributed by atoms with Gasteiger partial charge in [-0.2, -0.15) is 10.2 Å². The smallest absolute Gasteiger partial charge is 0.369 e. The zero-order valence-electron chi connectivity index (χ0n) is 36.3. The summed E-state index contributed by atoms with van der Waals surface area (Å²) in [5.41, 5.74) is 12.7. The van der Waals surface area contributed by atoms with Crippen molar-refractivity contribution in [3.63, 3.8) is 0 Å². The van der Waals surface area contributed by atoms with E-state index in [1.807, 2.05) is 97.9 Å². The Morgan fingerprint density at radius 1 is 0.657 bits per heavy atom. The van der Waals surface area contributed by atoms with E-state index >= 15 is 0 Å². The second kappa shape index (κ2) is 21.5. The fraction of sp³-hybridized carbons (Fsp3) is 0.333. The first-order valence-corrected chi connectivity index (χ1v) is 23.6. The monoisotopic (exact) mass is 1110 g/mol. The third-order valence-corrected chi connectivity index (χ3v) is 11.7. The van der Waals surface area contributed by atoms with Gasteiger partial charge in [0.15, 0.2) is 17.2 Å². The molecule has 0 saturated carbocycles. The Bertz CT molecular complexity index is 2690. The van der Waals surface area contributed by atoms with Crippen molar-refractivity contribution in [2.24, 2.45) is 0 Å². The molecule has 0 radical (unpaired) electrons. The molecule has 67 heavy (non-hydrogen) atoms. The number of anilines is 2. The SMILES string of the molecule is BrB(Br)Br.C[C@@]1(O)[C@H](O)[C@@H](CO)OC1(O)c1ccc2c(N)ncnn12.C[C@@]1(OCc2ccccc2)[C@H](OCc2ccccc2)[C@@H](COCc2ccccc2)OC1(O)c1ccc2c(N)ncnn12. The first kappa shape index (κ1) is 50.5. The molecule has 9 N–H and O–H groups in total.